The number of esters is 1. The Labute approximate surface area is 205 Å². The number of nitrogens with zero attached hydrogens (tertiary/aromatic N) is 3. The number of carbonyl (C=O) groups is 1. The highest BCUT2D eigenvalue weighted by Gasteiger charge is 2.35. The van der Waals surface area contributed by atoms with Crippen LogP contribution in [0.1, 0.15) is 24.1 Å². The van der Waals surface area contributed by atoms with Crippen LogP contribution in [-0.4, -0.2) is 38.9 Å². The van der Waals surface area contributed by atoms with Gasteiger partial charge < -0.3 is 14.4 Å². The van der Waals surface area contributed by atoms with E-state index in [4.69, 9.17) is 21.1 Å². The van der Waals surface area contributed by atoms with Gasteiger partial charge in [0.2, 0.25) is 0 Å². The van der Waals surface area contributed by atoms with Crippen molar-refractivity contribution in [3.05, 3.63) is 89.6 Å². The maximum absolute atomic E-state index is 13.6. The zero-order chi connectivity index (χ0) is 24.6. The molecule has 1 aliphatic heterocycles. The number of allylic oxidation sites excluding steroid dienone is 1. The average molecular weight is 498 g/mol. The molecule has 0 radical (unpaired) electrons. The molecule has 9 heteroatoms. The van der Waals surface area contributed by atoms with Crippen LogP contribution in [0.25, 0.3) is 6.08 Å². The number of hydrogen-bond donors (Lipinski definition) is 0. The molecule has 2 heterocycles. The summed E-state index contributed by atoms with van der Waals surface area (Å²) in [4.78, 5) is 33.5. The standard InChI is InChI=1S/C25H24ClN3O4S/c1-14-21(24(31)33-5)22(18-13-16(26)8-11-19(18)32-4)29-23(30)20(34-25(29)27-14)12-15-6-9-17(10-7-15)28(2)3/h6-13,22H,1-5H3/b20-12-/t22-/m1/s1. The minimum absolute atomic E-state index is 0.261. The van der Waals surface area contributed by atoms with Gasteiger partial charge in [-0.3, -0.25) is 9.36 Å². The Bertz CT molecular complexity index is 1470. The molecular weight excluding hydrogens is 474 g/mol. The maximum Gasteiger partial charge on any atom is 0.338 e. The van der Waals surface area contributed by atoms with Gasteiger partial charge in [-0.15, -0.1) is 0 Å². The largest absolute Gasteiger partial charge is 0.496 e. The molecule has 0 unspecified atom stereocenters. The number of halogens is 1. The minimum atomic E-state index is -0.796. The summed E-state index contributed by atoms with van der Waals surface area (Å²) in [5.74, 6) is -0.0683. The molecule has 0 aliphatic carbocycles. The Hall–Kier alpha value is -3.36. The monoisotopic (exact) mass is 497 g/mol. The molecule has 0 amide bonds. The van der Waals surface area contributed by atoms with Gasteiger partial charge in [-0.2, -0.15) is 0 Å². The first-order valence-electron chi connectivity index (χ1n) is 10.5. The molecule has 4 rings (SSSR count). The Morgan fingerprint density at radius 2 is 1.88 bits per heavy atom. The fraction of sp³-hybridized carbons (Fsp3) is 0.240. The van der Waals surface area contributed by atoms with Gasteiger partial charge in [-0.05, 0) is 48.9 Å². The summed E-state index contributed by atoms with van der Waals surface area (Å²) in [6.45, 7) is 1.73. The van der Waals surface area contributed by atoms with E-state index in [9.17, 15) is 9.59 Å². The highest BCUT2D eigenvalue weighted by Crippen LogP contribution is 2.37. The fourth-order valence-corrected chi connectivity index (χ4v) is 5.15. The molecule has 0 N–H and O–H groups in total. The number of rotatable bonds is 5. The Morgan fingerprint density at radius 1 is 1.18 bits per heavy atom. The third-order valence-corrected chi connectivity index (χ3v) is 6.84. The minimum Gasteiger partial charge on any atom is -0.496 e. The molecule has 0 spiro atoms. The molecule has 0 fully saturated rings. The van der Waals surface area contributed by atoms with E-state index in [-0.39, 0.29) is 11.1 Å². The molecule has 1 aromatic heterocycles. The Kier molecular flexibility index (Phi) is 6.63. The highest BCUT2D eigenvalue weighted by molar-refractivity contribution is 7.07. The summed E-state index contributed by atoms with van der Waals surface area (Å²) in [6, 6.07) is 12.2. The van der Waals surface area contributed by atoms with Gasteiger partial charge in [0.1, 0.15) is 11.8 Å². The lowest BCUT2D eigenvalue weighted by Gasteiger charge is -2.25. The summed E-state index contributed by atoms with van der Waals surface area (Å²) >= 11 is 7.57. The predicted molar refractivity (Wildman–Crippen MR) is 135 cm³/mol. The molecule has 0 saturated heterocycles. The molecule has 1 atom stereocenters. The van der Waals surface area contributed by atoms with E-state index in [1.807, 2.05) is 49.3 Å². The SMILES string of the molecule is COC(=O)C1=C(C)N=c2s/c(=C\c3ccc(N(C)C)cc3)c(=O)n2[C@@H]1c1cc(Cl)ccc1OC. The van der Waals surface area contributed by atoms with Gasteiger partial charge >= 0.3 is 5.97 Å². The van der Waals surface area contributed by atoms with Crippen LogP contribution < -0.4 is 24.5 Å². The molecule has 0 saturated carbocycles. The first kappa shape index (κ1) is 23.8. The van der Waals surface area contributed by atoms with Crippen molar-refractivity contribution >= 4 is 40.7 Å². The van der Waals surface area contributed by atoms with Crippen LogP contribution in [0.4, 0.5) is 5.69 Å². The first-order valence-corrected chi connectivity index (χ1v) is 11.7. The van der Waals surface area contributed by atoms with Crippen molar-refractivity contribution in [1.29, 1.82) is 0 Å². The van der Waals surface area contributed by atoms with E-state index in [0.29, 0.717) is 31.4 Å². The van der Waals surface area contributed by atoms with Crippen molar-refractivity contribution < 1.29 is 14.3 Å². The van der Waals surface area contributed by atoms with Gasteiger partial charge in [0.15, 0.2) is 4.80 Å². The number of hydrogen-bond acceptors (Lipinski definition) is 7. The van der Waals surface area contributed by atoms with E-state index in [1.54, 1.807) is 25.1 Å². The number of thiazole rings is 1. The number of ether oxygens (including phenoxy) is 2. The van der Waals surface area contributed by atoms with Crippen molar-refractivity contribution in [2.45, 2.75) is 13.0 Å². The summed E-state index contributed by atoms with van der Waals surface area (Å²) in [5.41, 5.74) is 3.00. The molecule has 0 bridgehead atoms. The maximum atomic E-state index is 13.6. The van der Waals surface area contributed by atoms with Crippen LogP contribution >= 0.6 is 22.9 Å². The Morgan fingerprint density at radius 3 is 2.50 bits per heavy atom. The normalized spacial score (nSPS) is 15.6. The van der Waals surface area contributed by atoms with Gasteiger partial charge in [-0.25, -0.2) is 9.79 Å². The number of fused-ring (bicyclic) bond motifs is 1. The highest BCUT2D eigenvalue weighted by atomic mass is 35.5. The lowest BCUT2D eigenvalue weighted by Crippen LogP contribution is -2.40. The number of aromatic nitrogens is 1. The van der Waals surface area contributed by atoms with Crippen molar-refractivity contribution in [2.75, 3.05) is 33.2 Å². The molecule has 2 aromatic carbocycles. The van der Waals surface area contributed by atoms with Gasteiger partial charge in [0.05, 0.1) is 30.0 Å². The molecule has 1 aliphatic rings. The van der Waals surface area contributed by atoms with E-state index in [0.717, 1.165) is 11.3 Å². The summed E-state index contributed by atoms with van der Waals surface area (Å²) in [6.07, 6.45) is 1.83. The van der Waals surface area contributed by atoms with Crippen LogP contribution in [0.15, 0.2) is 63.5 Å². The van der Waals surface area contributed by atoms with Crippen LogP contribution in [0.5, 0.6) is 5.75 Å². The van der Waals surface area contributed by atoms with Crippen LogP contribution in [0.2, 0.25) is 5.02 Å². The first-order chi connectivity index (χ1) is 16.2. The number of carbonyl (C=O) groups excluding carboxylic acids is 1. The summed E-state index contributed by atoms with van der Waals surface area (Å²) in [7, 11) is 6.77. The second-order valence-corrected chi connectivity index (χ2v) is 9.39. The second-order valence-electron chi connectivity index (χ2n) is 7.95. The molecular formula is C25H24ClN3O4S. The number of anilines is 1. The molecule has 176 valence electrons. The third kappa shape index (κ3) is 4.26. The van der Waals surface area contributed by atoms with Gasteiger partial charge in [0, 0.05) is 30.4 Å². The van der Waals surface area contributed by atoms with Gasteiger partial charge in [0.25, 0.3) is 5.56 Å². The van der Waals surface area contributed by atoms with E-state index >= 15 is 0 Å². The fourth-order valence-electron chi connectivity index (χ4n) is 3.93. The quantitative estimate of drug-likeness (QED) is 0.506. The molecule has 34 heavy (non-hydrogen) atoms. The van der Waals surface area contributed by atoms with E-state index < -0.39 is 12.0 Å². The van der Waals surface area contributed by atoms with E-state index in [2.05, 4.69) is 4.99 Å². The number of benzene rings is 2. The summed E-state index contributed by atoms with van der Waals surface area (Å²) < 4.78 is 12.6. The van der Waals surface area contributed by atoms with Crippen molar-refractivity contribution in [3.63, 3.8) is 0 Å². The smallest absolute Gasteiger partial charge is 0.338 e. The average Bonchev–Trinajstić information content (AvgIpc) is 3.12. The van der Waals surface area contributed by atoms with Crippen LogP contribution in [-0.2, 0) is 9.53 Å². The zero-order valence-electron chi connectivity index (χ0n) is 19.5. The second kappa shape index (κ2) is 9.48. The van der Waals surface area contributed by atoms with Crippen molar-refractivity contribution in [3.8, 4) is 5.75 Å². The van der Waals surface area contributed by atoms with Gasteiger partial charge in [-0.1, -0.05) is 35.1 Å². The zero-order valence-corrected chi connectivity index (χ0v) is 21.0. The lowest BCUT2D eigenvalue weighted by molar-refractivity contribution is -0.136. The lowest BCUT2D eigenvalue weighted by atomic mass is 9.95. The van der Waals surface area contributed by atoms with Crippen molar-refractivity contribution in [1.82, 2.24) is 4.57 Å². The van der Waals surface area contributed by atoms with Crippen LogP contribution in [0, 0.1) is 0 Å². The molecule has 7 nitrogen and oxygen atoms in total. The van der Waals surface area contributed by atoms with Crippen molar-refractivity contribution in [2.24, 2.45) is 4.99 Å². The predicted octanol–water partition coefficient (Wildman–Crippen LogP) is 3.14. The van der Waals surface area contributed by atoms with E-state index in [1.165, 1.54) is 30.1 Å². The topological polar surface area (TPSA) is 73.1 Å². The number of methoxy groups -OCH3 is 2. The summed E-state index contributed by atoms with van der Waals surface area (Å²) in [5, 5.41) is 0.456. The Balaban J connectivity index is 1.96. The third-order valence-electron chi connectivity index (χ3n) is 5.62. The van der Waals surface area contributed by atoms with Crippen LogP contribution in [0.3, 0.4) is 0 Å². The molecule has 3 aromatic rings.